The molecule has 0 saturated carbocycles. The Morgan fingerprint density at radius 2 is 1.86 bits per heavy atom. The second kappa shape index (κ2) is 7.32. The molecule has 0 aliphatic rings. The molecule has 1 heterocycles. The molecule has 0 radical (unpaired) electrons. The smallest absolute Gasteiger partial charge is 0.158 e. The number of halogens is 3. The van der Waals surface area contributed by atoms with Crippen molar-refractivity contribution in [2.24, 2.45) is 0 Å². The normalized spacial score (nSPS) is 10.0. The predicted octanol–water partition coefficient (Wildman–Crippen LogP) is 3.80. The summed E-state index contributed by atoms with van der Waals surface area (Å²) in [6.07, 6.45) is 2.86. The Hall–Kier alpha value is -1.74. The van der Waals surface area contributed by atoms with Crippen molar-refractivity contribution in [3.63, 3.8) is 0 Å². The standard InChI is InChI=1S/C13H9Cl3N4O/c14-8-3-10(15)13(11(16)4-8)21-2-1-18-12-7-19-9(5-17)6-20-12/h3-4,6-7H,1-2H2,(H,18,20). The number of anilines is 1. The molecule has 5 nitrogen and oxygen atoms in total. The molecular formula is C13H9Cl3N4O. The zero-order valence-electron chi connectivity index (χ0n) is 10.6. The molecule has 0 amide bonds. The summed E-state index contributed by atoms with van der Waals surface area (Å²) in [5.41, 5.74) is 0.261. The molecule has 21 heavy (non-hydrogen) atoms. The van der Waals surface area contributed by atoms with Crippen LogP contribution in [0.15, 0.2) is 24.5 Å². The Kier molecular flexibility index (Phi) is 5.45. The minimum atomic E-state index is 0.261. The number of nitriles is 1. The van der Waals surface area contributed by atoms with E-state index in [4.69, 9.17) is 44.8 Å². The zero-order valence-corrected chi connectivity index (χ0v) is 12.9. The van der Waals surface area contributed by atoms with E-state index >= 15 is 0 Å². The highest BCUT2D eigenvalue weighted by Crippen LogP contribution is 2.35. The fourth-order valence-electron chi connectivity index (χ4n) is 1.48. The van der Waals surface area contributed by atoms with Crippen LogP contribution in [0, 0.1) is 11.3 Å². The number of nitrogens with one attached hydrogen (secondary N) is 1. The molecule has 0 atom stereocenters. The van der Waals surface area contributed by atoms with Crippen molar-refractivity contribution in [1.29, 1.82) is 5.26 Å². The Balaban J connectivity index is 1.86. The van der Waals surface area contributed by atoms with Gasteiger partial charge in [0.15, 0.2) is 11.4 Å². The average Bonchev–Trinajstić information content (AvgIpc) is 2.46. The van der Waals surface area contributed by atoms with Gasteiger partial charge in [-0.15, -0.1) is 0 Å². The third kappa shape index (κ3) is 4.36. The Labute approximate surface area is 136 Å². The monoisotopic (exact) mass is 342 g/mol. The third-order valence-corrected chi connectivity index (χ3v) is 3.16. The van der Waals surface area contributed by atoms with E-state index < -0.39 is 0 Å². The SMILES string of the molecule is N#Cc1cnc(NCCOc2c(Cl)cc(Cl)cc2Cl)cn1. The maximum absolute atomic E-state index is 8.61. The van der Waals surface area contributed by atoms with Crippen molar-refractivity contribution in [3.8, 4) is 11.8 Å². The number of aromatic nitrogens is 2. The van der Waals surface area contributed by atoms with Crippen molar-refractivity contribution >= 4 is 40.6 Å². The van der Waals surface area contributed by atoms with E-state index in [1.807, 2.05) is 6.07 Å². The van der Waals surface area contributed by atoms with Gasteiger partial charge < -0.3 is 10.1 Å². The van der Waals surface area contributed by atoms with Crippen LogP contribution in [0.2, 0.25) is 15.1 Å². The first-order valence-corrected chi connectivity index (χ1v) is 6.97. The first-order valence-electron chi connectivity index (χ1n) is 5.83. The van der Waals surface area contributed by atoms with E-state index in [1.54, 1.807) is 12.1 Å². The van der Waals surface area contributed by atoms with Crippen LogP contribution in [0.5, 0.6) is 5.75 Å². The number of nitrogens with zero attached hydrogens (tertiary/aromatic N) is 3. The number of benzene rings is 1. The van der Waals surface area contributed by atoms with Gasteiger partial charge in [-0.3, -0.25) is 0 Å². The molecule has 0 aliphatic carbocycles. The molecule has 0 saturated heterocycles. The average molecular weight is 344 g/mol. The highest BCUT2D eigenvalue weighted by atomic mass is 35.5. The van der Waals surface area contributed by atoms with Gasteiger partial charge in [-0.05, 0) is 12.1 Å². The molecule has 1 aromatic carbocycles. The number of hydrogen-bond acceptors (Lipinski definition) is 5. The molecule has 0 fully saturated rings. The second-order valence-corrected chi connectivity index (χ2v) is 5.12. The topological polar surface area (TPSA) is 70.8 Å². The molecule has 2 rings (SSSR count). The van der Waals surface area contributed by atoms with Crippen molar-refractivity contribution in [2.75, 3.05) is 18.5 Å². The van der Waals surface area contributed by atoms with Crippen molar-refractivity contribution in [2.45, 2.75) is 0 Å². The van der Waals surface area contributed by atoms with E-state index in [2.05, 4.69) is 15.3 Å². The summed E-state index contributed by atoms with van der Waals surface area (Å²) in [5.74, 6) is 0.932. The fraction of sp³-hybridized carbons (Fsp3) is 0.154. The lowest BCUT2D eigenvalue weighted by Gasteiger charge is -2.11. The van der Waals surface area contributed by atoms with Gasteiger partial charge in [0.25, 0.3) is 0 Å². The lowest BCUT2D eigenvalue weighted by Crippen LogP contribution is -2.13. The molecule has 1 N–H and O–H groups in total. The van der Waals surface area contributed by atoms with Crippen molar-refractivity contribution in [3.05, 3.63) is 45.3 Å². The molecule has 0 spiro atoms. The number of rotatable bonds is 5. The van der Waals surface area contributed by atoms with E-state index in [0.29, 0.717) is 39.8 Å². The summed E-state index contributed by atoms with van der Waals surface area (Å²) in [7, 11) is 0. The summed E-state index contributed by atoms with van der Waals surface area (Å²) >= 11 is 17.8. The zero-order chi connectivity index (χ0) is 15.2. The molecule has 0 aliphatic heterocycles. The van der Waals surface area contributed by atoms with Gasteiger partial charge in [-0.1, -0.05) is 34.8 Å². The van der Waals surface area contributed by atoms with Gasteiger partial charge >= 0.3 is 0 Å². The van der Waals surface area contributed by atoms with Crippen LogP contribution in [0.3, 0.4) is 0 Å². The van der Waals surface area contributed by atoms with Crippen molar-refractivity contribution < 1.29 is 4.74 Å². The summed E-state index contributed by atoms with van der Waals surface area (Å²) in [4.78, 5) is 7.91. The molecule has 8 heteroatoms. The number of hydrogen-bond donors (Lipinski definition) is 1. The quantitative estimate of drug-likeness (QED) is 0.836. The van der Waals surface area contributed by atoms with Crippen LogP contribution < -0.4 is 10.1 Å². The molecule has 1 aromatic heterocycles. The summed E-state index contributed by atoms with van der Waals surface area (Å²) in [5, 5.41) is 12.8. The van der Waals surface area contributed by atoms with Crippen LogP contribution in [-0.4, -0.2) is 23.1 Å². The maximum Gasteiger partial charge on any atom is 0.158 e. The highest BCUT2D eigenvalue weighted by Gasteiger charge is 2.08. The summed E-state index contributed by atoms with van der Waals surface area (Å²) < 4.78 is 5.50. The number of ether oxygens (including phenoxy) is 1. The lowest BCUT2D eigenvalue weighted by molar-refractivity contribution is 0.333. The van der Waals surface area contributed by atoms with Crippen LogP contribution in [0.25, 0.3) is 0 Å². The minimum absolute atomic E-state index is 0.261. The van der Waals surface area contributed by atoms with E-state index in [9.17, 15) is 0 Å². The lowest BCUT2D eigenvalue weighted by atomic mass is 10.3. The maximum atomic E-state index is 8.61. The van der Waals surface area contributed by atoms with Gasteiger partial charge in [-0.25, -0.2) is 9.97 Å². The largest absolute Gasteiger partial charge is 0.489 e. The molecular weight excluding hydrogens is 335 g/mol. The van der Waals surface area contributed by atoms with Gasteiger partial charge in [0.05, 0.1) is 29.0 Å². The van der Waals surface area contributed by atoms with Crippen LogP contribution in [0.4, 0.5) is 5.82 Å². The Morgan fingerprint density at radius 1 is 1.14 bits per heavy atom. The van der Waals surface area contributed by atoms with Gasteiger partial charge in [0, 0.05) is 5.02 Å². The van der Waals surface area contributed by atoms with Crippen LogP contribution in [0.1, 0.15) is 5.69 Å². The molecule has 108 valence electrons. The first-order chi connectivity index (χ1) is 10.1. The summed E-state index contributed by atoms with van der Waals surface area (Å²) in [6.45, 7) is 0.790. The molecule has 0 unspecified atom stereocenters. The fourth-order valence-corrected chi connectivity index (χ4v) is 2.40. The molecule has 2 aromatic rings. The Bertz CT molecular complexity index is 647. The minimum Gasteiger partial charge on any atom is -0.489 e. The van der Waals surface area contributed by atoms with E-state index in [-0.39, 0.29) is 5.69 Å². The van der Waals surface area contributed by atoms with Gasteiger partial charge in [-0.2, -0.15) is 5.26 Å². The van der Waals surface area contributed by atoms with E-state index in [1.165, 1.54) is 12.4 Å². The Morgan fingerprint density at radius 3 is 2.43 bits per heavy atom. The third-order valence-electron chi connectivity index (χ3n) is 2.38. The summed E-state index contributed by atoms with van der Waals surface area (Å²) in [6, 6.07) is 5.01. The van der Waals surface area contributed by atoms with Crippen LogP contribution in [-0.2, 0) is 0 Å². The van der Waals surface area contributed by atoms with Gasteiger partial charge in [0.2, 0.25) is 0 Å². The predicted molar refractivity (Wildman–Crippen MR) is 82.2 cm³/mol. The molecule has 0 bridgehead atoms. The second-order valence-electron chi connectivity index (χ2n) is 3.87. The van der Waals surface area contributed by atoms with E-state index in [0.717, 1.165) is 0 Å². The highest BCUT2D eigenvalue weighted by molar-refractivity contribution is 6.40. The van der Waals surface area contributed by atoms with Gasteiger partial charge in [0.1, 0.15) is 18.5 Å². The van der Waals surface area contributed by atoms with Crippen molar-refractivity contribution in [1.82, 2.24) is 9.97 Å². The van der Waals surface area contributed by atoms with Crippen LogP contribution >= 0.6 is 34.8 Å². The first kappa shape index (κ1) is 15.6.